The maximum atomic E-state index is 11.6. The molecule has 1 aromatic carbocycles. The zero-order chi connectivity index (χ0) is 13.0. The summed E-state index contributed by atoms with van der Waals surface area (Å²) in [6, 6.07) is 7.37. The van der Waals surface area contributed by atoms with Crippen LogP contribution in [0.2, 0.25) is 5.02 Å². The van der Waals surface area contributed by atoms with Crippen molar-refractivity contribution in [3.63, 3.8) is 0 Å². The molecule has 2 aromatic rings. The Labute approximate surface area is 118 Å². The smallest absolute Gasteiger partial charge is 0.236 e. The van der Waals surface area contributed by atoms with Crippen molar-refractivity contribution >= 4 is 45.7 Å². The number of nitrogens with one attached hydrogen (secondary N) is 1. The quantitative estimate of drug-likeness (QED) is 0.881. The van der Waals surface area contributed by atoms with Gasteiger partial charge in [0.15, 0.2) is 0 Å². The van der Waals surface area contributed by atoms with Gasteiger partial charge in [0.25, 0.3) is 0 Å². The maximum Gasteiger partial charge on any atom is 0.236 e. The van der Waals surface area contributed by atoms with Gasteiger partial charge in [-0.1, -0.05) is 22.9 Å². The third kappa shape index (κ3) is 3.97. The summed E-state index contributed by atoms with van der Waals surface area (Å²) >= 11 is 8.59. The van der Waals surface area contributed by atoms with Gasteiger partial charge in [-0.15, -0.1) is 22.0 Å². The minimum Gasteiger partial charge on any atom is -0.300 e. The fourth-order valence-corrected chi connectivity index (χ4v) is 2.61. The molecule has 0 radical (unpaired) electrons. The van der Waals surface area contributed by atoms with Crippen LogP contribution in [-0.2, 0) is 4.79 Å². The van der Waals surface area contributed by atoms with Crippen molar-refractivity contribution in [2.45, 2.75) is 11.8 Å². The molecule has 18 heavy (non-hydrogen) atoms. The van der Waals surface area contributed by atoms with Crippen molar-refractivity contribution in [2.75, 3.05) is 11.1 Å². The van der Waals surface area contributed by atoms with Gasteiger partial charge in [0.1, 0.15) is 5.01 Å². The number of hydrogen-bond donors (Lipinski definition) is 1. The Bertz CT molecular complexity index is 541. The van der Waals surface area contributed by atoms with Crippen LogP contribution in [0.4, 0.5) is 5.13 Å². The Morgan fingerprint density at radius 1 is 1.39 bits per heavy atom. The molecule has 0 aliphatic heterocycles. The predicted molar refractivity (Wildman–Crippen MR) is 75.5 cm³/mol. The Balaban J connectivity index is 1.83. The van der Waals surface area contributed by atoms with Crippen molar-refractivity contribution in [1.29, 1.82) is 0 Å². The van der Waals surface area contributed by atoms with E-state index in [0.29, 0.717) is 15.9 Å². The molecule has 0 unspecified atom stereocenters. The zero-order valence-electron chi connectivity index (χ0n) is 9.51. The number of rotatable bonds is 4. The molecule has 0 fully saturated rings. The van der Waals surface area contributed by atoms with Crippen LogP contribution in [0, 0.1) is 6.92 Å². The summed E-state index contributed by atoms with van der Waals surface area (Å²) in [5, 5.41) is 12.4. The van der Waals surface area contributed by atoms with Crippen LogP contribution < -0.4 is 5.32 Å². The summed E-state index contributed by atoms with van der Waals surface area (Å²) in [5.41, 5.74) is 0. The van der Waals surface area contributed by atoms with E-state index >= 15 is 0 Å². The number of carbonyl (C=O) groups is 1. The van der Waals surface area contributed by atoms with E-state index in [1.165, 1.54) is 23.1 Å². The van der Waals surface area contributed by atoms with Crippen LogP contribution in [0.3, 0.4) is 0 Å². The third-order valence-corrected chi connectivity index (χ3v) is 3.97. The van der Waals surface area contributed by atoms with E-state index in [1.54, 1.807) is 12.1 Å². The highest BCUT2D eigenvalue weighted by Crippen LogP contribution is 2.21. The van der Waals surface area contributed by atoms with Crippen molar-refractivity contribution < 1.29 is 4.79 Å². The van der Waals surface area contributed by atoms with Crippen molar-refractivity contribution in [2.24, 2.45) is 0 Å². The molecule has 1 N–H and O–H groups in total. The highest BCUT2D eigenvalue weighted by Gasteiger charge is 2.06. The van der Waals surface area contributed by atoms with Gasteiger partial charge in [-0.25, -0.2) is 0 Å². The lowest BCUT2D eigenvalue weighted by atomic mass is 10.4. The Morgan fingerprint density at radius 2 is 2.11 bits per heavy atom. The van der Waals surface area contributed by atoms with Crippen LogP contribution >= 0.6 is 34.7 Å². The van der Waals surface area contributed by atoms with Gasteiger partial charge in [-0.3, -0.25) is 10.1 Å². The molecule has 94 valence electrons. The summed E-state index contributed by atoms with van der Waals surface area (Å²) in [6.45, 7) is 1.84. The average Bonchev–Trinajstić information content (AvgIpc) is 2.74. The minimum absolute atomic E-state index is 0.0916. The van der Waals surface area contributed by atoms with E-state index in [9.17, 15) is 4.79 Å². The van der Waals surface area contributed by atoms with E-state index < -0.39 is 0 Å². The monoisotopic (exact) mass is 299 g/mol. The number of thioether (sulfide) groups is 1. The van der Waals surface area contributed by atoms with Gasteiger partial charge in [-0.2, -0.15) is 0 Å². The molecule has 0 atom stereocenters. The third-order valence-electron chi connectivity index (χ3n) is 1.96. The van der Waals surface area contributed by atoms with Gasteiger partial charge < -0.3 is 0 Å². The second kappa shape index (κ2) is 6.17. The van der Waals surface area contributed by atoms with Gasteiger partial charge in [0.2, 0.25) is 11.0 Å². The first-order valence-corrected chi connectivity index (χ1v) is 7.30. The summed E-state index contributed by atoms with van der Waals surface area (Å²) in [4.78, 5) is 12.6. The van der Waals surface area contributed by atoms with E-state index in [1.807, 2.05) is 19.1 Å². The Hall–Kier alpha value is -1.11. The molecule has 2 rings (SSSR count). The molecule has 0 aliphatic carbocycles. The predicted octanol–water partition coefficient (Wildman–Crippen LogP) is 3.23. The van der Waals surface area contributed by atoms with Gasteiger partial charge in [-0.05, 0) is 31.2 Å². The van der Waals surface area contributed by atoms with Crippen LogP contribution in [0.1, 0.15) is 5.01 Å². The topological polar surface area (TPSA) is 54.9 Å². The average molecular weight is 300 g/mol. The maximum absolute atomic E-state index is 11.6. The fraction of sp³-hybridized carbons (Fsp3) is 0.182. The number of hydrogen-bond acceptors (Lipinski definition) is 5. The number of aromatic nitrogens is 2. The SMILES string of the molecule is Cc1nnc(NC(=O)CSc2ccc(Cl)cc2)s1. The number of nitrogens with zero attached hydrogens (tertiary/aromatic N) is 2. The molecule has 0 saturated carbocycles. The number of halogens is 1. The molecular weight excluding hydrogens is 290 g/mol. The number of benzene rings is 1. The number of carbonyl (C=O) groups excluding carboxylic acids is 1. The molecule has 1 amide bonds. The van der Waals surface area contributed by atoms with E-state index in [2.05, 4.69) is 15.5 Å². The molecule has 0 aliphatic rings. The minimum atomic E-state index is -0.0916. The molecule has 1 aromatic heterocycles. The van der Waals surface area contributed by atoms with E-state index in [0.717, 1.165) is 9.90 Å². The number of amides is 1. The summed E-state index contributed by atoms with van der Waals surface area (Å²) in [6.07, 6.45) is 0. The first-order chi connectivity index (χ1) is 8.63. The molecule has 0 saturated heterocycles. The van der Waals surface area contributed by atoms with Crippen LogP contribution in [0.5, 0.6) is 0 Å². The summed E-state index contributed by atoms with van der Waals surface area (Å²) in [5.74, 6) is 0.242. The summed E-state index contributed by atoms with van der Waals surface area (Å²) < 4.78 is 0. The Morgan fingerprint density at radius 3 is 2.72 bits per heavy atom. The molecule has 0 spiro atoms. The highest BCUT2D eigenvalue weighted by atomic mass is 35.5. The highest BCUT2D eigenvalue weighted by molar-refractivity contribution is 8.00. The van der Waals surface area contributed by atoms with Gasteiger partial charge in [0.05, 0.1) is 5.75 Å². The van der Waals surface area contributed by atoms with Crippen molar-refractivity contribution in [3.8, 4) is 0 Å². The fourth-order valence-electron chi connectivity index (χ4n) is 1.18. The normalized spacial score (nSPS) is 10.3. The van der Waals surface area contributed by atoms with Crippen LogP contribution in [0.15, 0.2) is 29.2 Å². The van der Waals surface area contributed by atoms with Crippen molar-refractivity contribution in [3.05, 3.63) is 34.3 Å². The standard InChI is InChI=1S/C11H10ClN3OS2/c1-7-14-15-11(18-7)13-10(16)6-17-9-4-2-8(12)3-5-9/h2-5H,6H2,1H3,(H,13,15,16). The number of aryl methyl sites for hydroxylation is 1. The molecule has 1 heterocycles. The lowest BCUT2D eigenvalue weighted by molar-refractivity contribution is -0.113. The van der Waals surface area contributed by atoms with Gasteiger partial charge in [0, 0.05) is 9.92 Å². The molecule has 7 heteroatoms. The van der Waals surface area contributed by atoms with Crippen LogP contribution in [-0.4, -0.2) is 21.9 Å². The number of anilines is 1. The summed E-state index contributed by atoms with van der Waals surface area (Å²) in [7, 11) is 0. The van der Waals surface area contributed by atoms with Gasteiger partial charge >= 0.3 is 0 Å². The van der Waals surface area contributed by atoms with Crippen molar-refractivity contribution in [1.82, 2.24) is 10.2 Å². The van der Waals surface area contributed by atoms with E-state index in [4.69, 9.17) is 11.6 Å². The largest absolute Gasteiger partial charge is 0.300 e. The first kappa shape index (κ1) is 13.3. The molecule has 0 bridgehead atoms. The first-order valence-electron chi connectivity index (χ1n) is 5.12. The van der Waals surface area contributed by atoms with E-state index in [-0.39, 0.29) is 5.91 Å². The molecular formula is C11H10ClN3OS2. The lowest BCUT2D eigenvalue weighted by Crippen LogP contribution is -2.13. The lowest BCUT2D eigenvalue weighted by Gasteiger charge is -2.01. The molecule has 4 nitrogen and oxygen atoms in total. The zero-order valence-corrected chi connectivity index (χ0v) is 11.9. The second-order valence-electron chi connectivity index (χ2n) is 3.42. The Kier molecular flexibility index (Phi) is 4.57. The second-order valence-corrected chi connectivity index (χ2v) is 6.08. The van der Waals surface area contributed by atoms with Crippen LogP contribution in [0.25, 0.3) is 0 Å².